The van der Waals surface area contributed by atoms with Crippen molar-refractivity contribution >= 4 is 16.6 Å². The molecule has 0 N–H and O–H groups in total. The molecule has 0 amide bonds. The van der Waals surface area contributed by atoms with Crippen molar-refractivity contribution in [1.82, 2.24) is 9.47 Å². The van der Waals surface area contributed by atoms with Gasteiger partial charge in [0.05, 0.1) is 4.92 Å². The van der Waals surface area contributed by atoms with Crippen LogP contribution in [-0.4, -0.2) is 34.0 Å². The number of nitro benzene ring substituents is 1. The van der Waals surface area contributed by atoms with E-state index >= 15 is 0 Å². The molecule has 3 rings (SSSR count). The molecule has 0 saturated carbocycles. The molecule has 0 radical (unpaired) electrons. The van der Waals surface area contributed by atoms with E-state index in [1.807, 2.05) is 22.9 Å². The second-order valence-corrected chi connectivity index (χ2v) is 5.38. The van der Waals surface area contributed by atoms with Gasteiger partial charge in [-0.1, -0.05) is 18.6 Å². The zero-order valence-electron chi connectivity index (χ0n) is 11.5. The summed E-state index contributed by atoms with van der Waals surface area (Å²) in [6.45, 7) is 4.09. The average molecular weight is 273 g/mol. The lowest BCUT2D eigenvalue weighted by molar-refractivity contribution is -0.383. The molecule has 1 aliphatic heterocycles. The molecule has 0 spiro atoms. The fourth-order valence-corrected chi connectivity index (χ4v) is 3.01. The van der Waals surface area contributed by atoms with Crippen molar-refractivity contribution in [3.8, 4) is 0 Å². The first-order valence-electron chi connectivity index (χ1n) is 7.20. The predicted molar refractivity (Wildman–Crippen MR) is 78.9 cm³/mol. The maximum atomic E-state index is 11.2. The topological polar surface area (TPSA) is 51.3 Å². The highest BCUT2D eigenvalue weighted by atomic mass is 16.6. The Balaban J connectivity index is 1.82. The van der Waals surface area contributed by atoms with Crippen LogP contribution in [0, 0.1) is 10.1 Å². The van der Waals surface area contributed by atoms with E-state index in [1.54, 1.807) is 12.1 Å². The molecule has 0 atom stereocenters. The van der Waals surface area contributed by atoms with E-state index in [0.717, 1.165) is 37.1 Å². The highest BCUT2D eigenvalue weighted by molar-refractivity contribution is 5.88. The first kappa shape index (κ1) is 13.1. The highest BCUT2D eigenvalue weighted by Crippen LogP contribution is 2.26. The highest BCUT2D eigenvalue weighted by Gasteiger charge is 2.16. The zero-order chi connectivity index (χ0) is 13.9. The first-order chi connectivity index (χ1) is 9.75. The minimum absolute atomic E-state index is 0.200. The Bertz CT molecular complexity index is 615. The molecule has 5 heteroatoms. The van der Waals surface area contributed by atoms with Crippen molar-refractivity contribution in [3.63, 3.8) is 0 Å². The van der Waals surface area contributed by atoms with Gasteiger partial charge in [-0.25, -0.2) is 0 Å². The van der Waals surface area contributed by atoms with Crippen molar-refractivity contribution in [2.24, 2.45) is 0 Å². The summed E-state index contributed by atoms with van der Waals surface area (Å²) in [5.41, 5.74) is 0.945. The molecule has 1 fully saturated rings. The Labute approximate surface area is 117 Å². The SMILES string of the molecule is O=[N+]([O-])c1cccc2ccn(CCN3CCCCC3)c12. The Hall–Kier alpha value is -1.88. The van der Waals surface area contributed by atoms with Crippen LogP contribution in [0.25, 0.3) is 10.9 Å². The summed E-state index contributed by atoms with van der Waals surface area (Å²) < 4.78 is 2.02. The van der Waals surface area contributed by atoms with E-state index in [2.05, 4.69) is 4.90 Å². The number of benzene rings is 1. The van der Waals surface area contributed by atoms with Gasteiger partial charge in [-0.2, -0.15) is 0 Å². The molecule has 0 bridgehead atoms. The Kier molecular flexibility index (Phi) is 3.69. The second kappa shape index (κ2) is 5.63. The standard InChI is InChI=1S/C15H19N3O2/c19-18(20)14-6-4-5-13-7-10-17(15(13)14)12-11-16-8-2-1-3-9-16/h4-7,10H,1-3,8-9,11-12H2. The van der Waals surface area contributed by atoms with E-state index < -0.39 is 0 Å². The van der Waals surface area contributed by atoms with Crippen LogP contribution in [0.5, 0.6) is 0 Å². The van der Waals surface area contributed by atoms with Crippen molar-refractivity contribution in [2.75, 3.05) is 19.6 Å². The van der Waals surface area contributed by atoms with Crippen LogP contribution >= 0.6 is 0 Å². The van der Waals surface area contributed by atoms with Gasteiger partial charge in [0, 0.05) is 30.7 Å². The maximum Gasteiger partial charge on any atom is 0.293 e. The fourth-order valence-electron chi connectivity index (χ4n) is 3.01. The summed E-state index contributed by atoms with van der Waals surface area (Å²) >= 11 is 0. The van der Waals surface area contributed by atoms with Gasteiger partial charge in [0.1, 0.15) is 5.52 Å². The van der Waals surface area contributed by atoms with Gasteiger partial charge in [-0.3, -0.25) is 10.1 Å². The number of likely N-dealkylation sites (tertiary alicyclic amines) is 1. The van der Waals surface area contributed by atoms with Gasteiger partial charge in [0.15, 0.2) is 0 Å². The van der Waals surface area contributed by atoms with Crippen molar-refractivity contribution in [1.29, 1.82) is 0 Å². The van der Waals surface area contributed by atoms with Crippen LogP contribution in [0.2, 0.25) is 0 Å². The number of non-ortho nitro benzene ring substituents is 1. The summed E-state index contributed by atoms with van der Waals surface area (Å²) in [4.78, 5) is 13.3. The monoisotopic (exact) mass is 273 g/mol. The van der Waals surface area contributed by atoms with Crippen LogP contribution in [0.4, 0.5) is 5.69 Å². The third-order valence-corrected chi connectivity index (χ3v) is 4.07. The molecule has 1 aromatic carbocycles. The molecule has 5 nitrogen and oxygen atoms in total. The number of rotatable bonds is 4. The summed E-state index contributed by atoms with van der Waals surface area (Å²) in [6.07, 6.45) is 5.83. The summed E-state index contributed by atoms with van der Waals surface area (Å²) in [6, 6.07) is 7.22. The van der Waals surface area contributed by atoms with Crippen LogP contribution < -0.4 is 0 Å². The number of nitro groups is 1. The van der Waals surface area contributed by atoms with E-state index in [-0.39, 0.29) is 10.6 Å². The smallest absolute Gasteiger partial charge is 0.293 e. The van der Waals surface area contributed by atoms with Crippen molar-refractivity contribution < 1.29 is 4.92 Å². The number of nitrogens with zero attached hydrogens (tertiary/aromatic N) is 3. The van der Waals surface area contributed by atoms with Gasteiger partial charge < -0.3 is 9.47 Å². The Morgan fingerprint density at radius 1 is 1.10 bits per heavy atom. The van der Waals surface area contributed by atoms with Crippen LogP contribution in [0.15, 0.2) is 30.5 Å². The van der Waals surface area contributed by atoms with Gasteiger partial charge in [0.25, 0.3) is 5.69 Å². The number of piperidine rings is 1. The number of hydrogen-bond acceptors (Lipinski definition) is 3. The lowest BCUT2D eigenvalue weighted by atomic mass is 10.1. The lowest BCUT2D eigenvalue weighted by Gasteiger charge is -2.26. The van der Waals surface area contributed by atoms with Crippen LogP contribution in [0.3, 0.4) is 0 Å². The normalized spacial score (nSPS) is 16.6. The third kappa shape index (κ3) is 2.54. The van der Waals surface area contributed by atoms with E-state index in [4.69, 9.17) is 0 Å². The van der Waals surface area contributed by atoms with E-state index in [1.165, 1.54) is 19.3 Å². The van der Waals surface area contributed by atoms with E-state index in [9.17, 15) is 10.1 Å². The van der Waals surface area contributed by atoms with Crippen LogP contribution in [-0.2, 0) is 6.54 Å². The van der Waals surface area contributed by atoms with Gasteiger partial charge in [-0.15, -0.1) is 0 Å². The zero-order valence-corrected chi connectivity index (χ0v) is 11.5. The number of hydrogen-bond donors (Lipinski definition) is 0. The molecule has 2 heterocycles. The van der Waals surface area contributed by atoms with Crippen LogP contribution in [0.1, 0.15) is 19.3 Å². The fraction of sp³-hybridized carbons (Fsp3) is 0.467. The van der Waals surface area contributed by atoms with Crippen molar-refractivity contribution in [2.45, 2.75) is 25.8 Å². The third-order valence-electron chi connectivity index (χ3n) is 4.07. The predicted octanol–water partition coefficient (Wildman–Crippen LogP) is 3.04. The number of fused-ring (bicyclic) bond motifs is 1. The molecule has 1 aromatic heterocycles. The molecule has 20 heavy (non-hydrogen) atoms. The molecule has 106 valence electrons. The molecule has 2 aromatic rings. The average Bonchev–Trinajstić information content (AvgIpc) is 2.89. The molecular weight excluding hydrogens is 254 g/mol. The van der Waals surface area contributed by atoms with Gasteiger partial charge in [-0.05, 0) is 32.0 Å². The first-order valence-corrected chi connectivity index (χ1v) is 7.20. The molecule has 0 unspecified atom stereocenters. The van der Waals surface area contributed by atoms with Crippen molar-refractivity contribution in [3.05, 3.63) is 40.6 Å². The molecule has 1 aliphatic rings. The summed E-state index contributed by atoms with van der Waals surface area (Å²) in [5, 5.41) is 12.1. The van der Waals surface area contributed by atoms with Gasteiger partial charge >= 0.3 is 0 Å². The maximum absolute atomic E-state index is 11.2. The largest absolute Gasteiger partial charge is 0.341 e. The molecular formula is C15H19N3O2. The Morgan fingerprint density at radius 2 is 1.90 bits per heavy atom. The summed E-state index contributed by atoms with van der Waals surface area (Å²) in [7, 11) is 0. The quantitative estimate of drug-likeness (QED) is 0.635. The van der Waals surface area contributed by atoms with E-state index in [0.29, 0.717) is 0 Å². The van der Waals surface area contributed by atoms with Gasteiger partial charge in [0.2, 0.25) is 0 Å². The lowest BCUT2D eigenvalue weighted by Crippen LogP contribution is -2.32. The number of aromatic nitrogens is 1. The Morgan fingerprint density at radius 3 is 2.65 bits per heavy atom. The number of para-hydroxylation sites is 1. The molecule has 0 aliphatic carbocycles. The summed E-state index contributed by atoms with van der Waals surface area (Å²) in [5.74, 6) is 0. The minimum atomic E-state index is -0.292. The molecule has 1 saturated heterocycles. The minimum Gasteiger partial charge on any atom is -0.341 e. The second-order valence-electron chi connectivity index (χ2n) is 5.38.